The van der Waals surface area contributed by atoms with Gasteiger partial charge in [0.25, 0.3) is 0 Å². The Labute approximate surface area is 132 Å². The summed E-state index contributed by atoms with van der Waals surface area (Å²) in [6.07, 6.45) is 1.08. The summed E-state index contributed by atoms with van der Waals surface area (Å²) < 4.78 is 5.60. The number of aromatic nitrogens is 2. The molecule has 0 saturated heterocycles. The van der Waals surface area contributed by atoms with Crippen LogP contribution in [-0.2, 0) is 18.4 Å². The van der Waals surface area contributed by atoms with Crippen molar-refractivity contribution in [2.45, 2.75) is 59.0 Å². The quantitative estimate of drug-likeness (QED) is 0.846. The first-order valence-corrected chi connectivity index (χ1v) is 8.01. The summed E-state index contributed by atoms with van der Waals surface area (Å²) in [5.41, 5.74) is 4.49. The van der Waals surface area contributed by atoms with Gasteiger partial charge in [0.05, 0.1) is 6.04 Å². The minimum atomic E-state index is 0.160. The van der Waals surface area contributed by atoms with Crippen molar-refractivity contribution in [3.63, 3.8) is 0 Å². The number of rotatable bonds is 2. The van der Waals surface area contributed by atoms with Gasteiger partial charge in [-0.1, -0.05) is 39.0 Å². The van der Waals surface area contributed by atoms with Crippen molar-refractivity contribution in [2.75, 3.05) is 6.54 Å². The van der Waals surface area contributed by atoms with E-state index in [1.165, 1.54) is 16.7 Å². The summed E-state index contributed by atoms with van der Waals surface area (Å²) in [7, 11) is 0. The fourth-order valence-electron chi connectivity index (χ4n) is 3.01. The Balaban J connectivity index is 1.83. The molecule has 1 unspecified atom stereocenters. The summed E-state index contributed by atoms with van der Waals surface area (Å²) in [5.74, 6) is 1.35. The molecule has 4 nitrogen and oxygen atoms in total. The van der Waals surface area contributed by atoms with Crippen LogP contribution < -0.4 is 0 Å². The molecule has 0 saturated carbocycles. The molecule has 0 radical (unpaired) electrons. The van der Waals surface area contributed by atoms with Crippen LogP contribution in [0.15, 0.2) is 22.6 Å². The molecule has 1 aliphatic heterocycles. The van der Waals surface area contributed by atoms with Crippen molar-refractivity contribution in [1.29, 1.82) is 0 Å². The van der Waals surface area contributed by atoms with Gasteiger partial charge in [0.2, 0.25) is 11.8 Å². The van der Waals surface area contributed by atoms with Gasteiger partial charge < -0.3 is 4.42 Å². The molecule has 118 valence electrons. The van der Waals surface area contributed by atoms with E-state index < -0.39 is 0 Å². The average Bonchev–Trinajstić information content (AvgIpc) is 2.91. The topological polar surface area (TPSA) is 42.2 Å². The first kappa shape index (κ1) is 15.2. The van der Waals surface area contributed by atoms with Gasteiger partial charge in [0.1, 0.15) is 0 Å². The largest absolute Gasteiger partial charge is 0.424 e. The minimum absolute atomic E-state index is 0.160. The molecule has 1 aliphatic rings. The van der Waals surface area contributed by atoms with E-state index >= 15 is 0 Å². The first-order chi connectivity index (χ1) is 10.3. The monoisotopic (exact) mass is 299 g/mol. The van der Waals surface area contributed by atoms with Crippen molar-refractivity contribution in [2.24, 2.45) is 0 Å². The van der Waals surface area contributed by atoms with Crippen LogP contribution in [0.4, 0.5) is 0 Å². The molecule has 3 rings (SSSR count). The summed E-state index contributed by atoms with van der Waals surface area (Å²) in [6.45, 7) is 12.7. The van der Waals surface area contributed by atoms with Gasteiger partial charge in [-0.2, -0.15) is 0 Å². The van der Waals surface area contributed by atoms with E-state index in [4.69, 9.17) is 4.42 Å². The van der Waals surface area contributed by atoms with Crippen LogP contribution in [0.5, 0.6) is 0 Å². The summed E-state index contributed by atoms with van der Waals surface area (Å²) in [4.78, 5) is 2.42. The van der Waals surface area contributed by atoms with E-state index in [9.17, 15) is 0 Å². The van der Waals surface area contributed by atoms with Gasteiger partial charge in [0, 0.05) is 20.0 Å². The second-order valence-electron chi connectivity index (χ2n) is 7.29. The maximum atomic E-state index is 5.60. The van der Waals surface area contributed by atoms with Crippen LogP contribution in [0.25, 0.3) is 0 Å². The zero-order valence-corrected chi connectivity index (χ0v) is 14.2. The van der Waals surface area contributed by atoms with Gasteiger partial charge >= 0.3 is 0 Å². The molecule has 1 atom stereocenters. The van der Waals surface area contributed by atoms with Crippen molar-refractivity contribution >= 4 is 0 Å². The molecule has 1 aromatic carbocycles. The molecule has 0 bridgehead atoms. The number of fused-ring (bicyclic) bond motifs is 1. The highest BCUT2D eigenvalue weighted by atomic mass is 16.4. The summed E-state index contributed by atoms with van der Waals surface area (Å²) in [5, 5.41) is 8.13. The van der Waals surface area contributed by atoms with E-state index in [1.54, 1.807) is 0 Å². The second-order valence-corrected chi connectivity index (χ2v) is 7.29. The molecule has 1 aromatic heterocycles. The van der Waals surface area contributed by atoms with Crippen LogP contribution in [0.3, 0.4) is 0 Å². The van der Waals surface area contributed by atoms with Gasteiger partial charge in [-0.3, -0.25) is 4.90 Å². The van der Waals surface area contributed by atoms with Crippen LogP contribution in [-0.4, -0.2) is 21.6 Å². The van der Waals surface area contributed by atoms with Gasteiger partial charge in [-0.25, -0.2) is 0 Å². The second kappa shape index (κ2) is 5.51. The Morgan fingerprint density at radius 1 is 1.18 bits per heavy atom. The third-order valence-electron chi connectivity index (χ3n) is 4.56. The van der Waals surface area contributed by atoms with E-state index in [2.05, 4.69) is 61.0 Å². The van der Waals surface area contributed by atoms with Crippen molar-refractivity contribution in [3.8, 4) is 0 Å². The number of aryl methyl sites for hydroxylation is 1. The third kappa shape index (κ3) is 2.93. The Morgan fingerprint density at radius 2 is 1.95 bits per heavy atom. The molecular weight excluding hydrogens is 274 g/mol. The third-order valence-corrected chi connectivity index (χ3v) is 4.56. The predicted octanol–water partition coefficient (Wildman–Crippen LogP) is 3.79. The van der Waals surface area contributed by atoms with E-state index in [0.29, 0.717) is 11.8 Å². The number of hydrogen-bond donors (Lipinski definition) is 0. The minimum Gasteiger partial charge on any atom is -0.424 e. The molecule has 0 aliphatic carbocycles. The molecule has 2 aromatic rings. The number of benzene rings is 1. The van der Waals surface area contributed by atoms with Crippen molar-refractivity contribution in [1.82, 2.24) is 15.1 Å². The van der Waals surface area contributed by atoms with Crippen molar-refractivity contribution in [3.05, 3.63) is 46.7 Å². The van der Waals surface area contributed by atoms with Gasteiger partial charge in [-0.05, 0) is 35.4 Å². The number of nitrogens with zero attached hydrogens (tertiary/aromatic N) is 3. The number of hydrogen-bond acceptors (Lipinski definition) is 4. The Morgan fingerprint density at radius 3 is 2.59 bits per heavy atom. The first-order valence-electron chi connectivity index (χ1n) is 8.01. The molecular formula is C18H25N3O. The SMILES string of the molecule is Cc1nnc(C(C)N2CCc3ccc(C(C)(C)C)cc3C2)o1. The molecule has 0 fully saturated rings. The summed E-state index contributed by atoms with van der Waals surface area (Å²) in [6, 6.07) is 7.11. The normalized spacial score (nSPS) is 17.3. The maximum Gasteiger partial charge on any atom is 0.233 e. The molecule has 0 spiro atoms. The maximum absolute atomic E-state index is 5.60. The Kier molecular flexibility index (Phi) is 3.81. The van der Waals surface area contributed by atoms with E-state index in [-0.39, 0.29) is 11.5 Å². The molecule has 22 heavy (non-hydrogen) atoms. The fourth-order valence-corrected chi connectivity index (χ4v) is 3.01. The van der Waals surface area contributed by atoms with Crippen LogP contribution in [0.2, 0.25) is 0 Å². The molecule has 2 heterocycles. The lowest BCUT2D eigenvalue weighted by Crippen LogP contribution is -2.33. The highest BCUT2D eigenvalue weighted by Gasteiger charge is 2.26. The summed E-state index contributed by atoms with van der Waals surface area (Å²) >= 11 is 0. The van der Waals surface area contributed by atoms with Crippen LogP contribution >= 0.6 is 0 Å². The van der Waals surface area contributed by atoms with Gasteiger partial charge in [-0.15, -0.1) is 10.2 Å². The Bertz CT molecular complexity index is 669. The van der Waals surface area contributed by atoms with Crippen molar-refractivity contribution < 1.29 is 4.42 Å². The molecule has 0 N–H and O–H groups in total. The highest BCUT2D eigenvalue weighted by molar-refractivity contribution is 5.36. The Hall–Kier alpha value is -1.68. The van der Waals surface area contributed by atoms with Crippen LogP contribution in [0.1, 0.15) is 62.2 Å². The zero-order chi connectivity index (χ0) is 15.9. The molecule has 4 heteroatoms. The standard InChI is InChI=1S/C18H25N3O/c1-12(17-20-19-13(2)22-17)21-9-8-14-6-7-16(18(3,4)5)10-15(14)11-21/h6-7,10,12H,8-9,11H2,1-5H3. The highest BCUT2D eigenvalue weighted by Crippen LogP contribution is 2.30. The lowest BCUT2D eigenvalue weighted by atomic mass is 9.84. The van der Waals surface area contributed by atoms with Gasteiger partial charge in [0.15, 0.2) is 0 Å². The van der Waals surface area contributed by atoms with E-state index in [0.717, 1.165) is 19.5 Å². The lowest BCUT2D eigenvalue weighted by molar-refractivity contribution is 0.165. The van der Waals surface area contributed by atoms with Crippen LogP contribution in [0, 0.1) is 6.92 Å². The fraction of sp³-hybridized carbons (Fsp3) is 0.556. The van der Waals surface area contributed by atoms with E-state index in [1.807, 2.05) is 6.92 Å². The zero-order valence-electron chi connectivity index (χ0n) is 14.2. The molecule has 0 amide bonds. The average molecular weight is 299 g/mol. The smallest absolute Gasteiger partial charge is 0.233 e. The lowest BCUT2D eigenvalue weighted by Gasteiger charge is -2.33. The predicted molar refractivity (Wildman–Crippen MR) is 86.7 cm³/mol.